The van der Waals surface area contributed by atoms with Crippen LogP contribution >= 0.6 is 0 Å². The number of rotatable bonds is 5. The quantitative estimate of drug-likeness (QED) is 0.659. The highest BCUT2D eigenvalue weighted by Crippen LogP contribution is 2.31. The Kier molecular flexibility index (Phi) is 5.54. The van der Waals surface area contributed by atoms with E-state index in [0.717, 1.165) is 49.4 Å². The Morgan fingerprint density at radius 3 is 2.56 bits per heavy atom. The van der Waals surface area contributed by atoms with Crippen LogP contribution in [-0.4, -0.2) is 34.5 Å². The molecule has 3 aromatic rings. The third kappa shape index (κ3) is 4.40. The maximum Gasteiger partial charge on any atom is 0.123 e. The summed E-state index contributed by atoms with van der Waals surface area (Å²) in [6.07, 6.45) is 6.84. The standard InChI is InChI=1S/C23H24FN3/c24-21-10-8-19(9-11-21)22-23(26-14-13-25-22)20-7-4-15-27(17-20)16-12-18-5-2-1-3-6-18/h1-3,5-6,8-11,13-14,20H,4,7,12,15-17H2/t20-/m0/s1. The fraction of sp³-hybridized carbons (Fsp3) is 0.304. The van der Waals surface area contributed by atoms with E-state index in [4.69, 9.17) is 0 Å². The highest BCUT2D eigenvalue weighted by molar-refractivity contribution is 5.62. The summed E-state index contributed by atoms with van der Waals surface area (Å²) >= 11 is 0. The minimum atomic E-state index is -0.228. The monoisotopic (exact) mass is 361 g/mol. The largest absolute Gasteiger partial charge is 0.302 e. The van der Waals surface area contributed by atoms with Gasteiger partial charge in [0.25, 0.3) is 0 Å². The van der Waals surface area contributed by atoms with Crippen LogP contribution in [0.4, 0.5) is 4.39 Å². The molecular formula is C23H24FN3. The zero-order valence-electron chi connectivity index (χ0n) is 15.4. The van der Waals surface area contributed by atoms with Crippen molar-refractivity contribution in [1.29, 1.82) is 0 Å². The second kappa shape index (κ2) is 8.40. The van der Waals surface area contributed by atoms with Gasteiger partial charge in [0.15, 0.2) is 0 Å². The smallest absolute Gasteiger partial charge is 0.123 e. The molecule has 0 bridgehead atoms. The lowest BCUT2D eigenvalue weighted by atomic mass is 9.91. The number of aromatic nitrogens is 2. The first kappa shape index (κ1) is 17.8. The lowest BCUT2D eigenvalue weighted by Gasteiger charge is -2.33. The minimum Gasteiger partial charge on any atom is -0.302 e. The van der Waals surface area contributed by atoms with Crippen molar-refractivity contribution in [1.82, 2.24) is 14.9 Å². The Hall–Kier alpha value is -2.59. The van der Waals surface area contributed by atoms with Crippen LogP contribution in [0.5, 0.6) is 0 Å². The zero-order valence-corrected chi connectivity index (χ0v) is 15.4. The Balaban J connectivity index is 1.49. The number of benzene rings is 2. The predicted molar refractivity (Wildman–Crippen MR) is 106 cm³/mol. The summed E-state index contributed by atoms with van der Waals surface area (Å²) in [6.45, 7) is 3.20. The summed E-state index contributed by atoms with van der Waals surface area (Å²) < 4.78 is 13.3. The van der Waals surface area contributed by atoms with Gasteiger partial charge in [0.2, 0.25) is 0 Å². The van der Waals surface area contributed by atoms with Crippen LogP contribution in [0.25, 0.3) is 11.3 Å². The lowest BCUT2D eigenvalue weighted by molar-refractivity contribution is 0.208. The lowest BCUT2D eigenvalue weighted by Crippen LogP contribution is -2.36. The molecule has 27 heavy (non-hydrogen) atoms. The molecule has 1 saturated heterocycles. The number of piperidine rings is 1. The van der Waals surface area contributed by atoms with Crippen LogP contribution in [0.3, 0.4) is 0 Å². The molecule has 0 radical (unpaired) electrons. The Morgan fingerprint density at radius 1 is 0.963 bits per heavy atom. The van der Waals surface area contributed by atoms with Crippen molar-refractivity contribution in [2.75, 3.05) is 19.6 Å². The van der Waals surface area contributed by atoms with Crippen LogP contribution in [-0.2, 0) is 6.42 Å². The van der Waals surface area contributed by atoms with Gasteiger partial charge < -0.3 is 4.90 Å². The van der Waals surface area contributed by atoms with E-state index in [0.29, 0.717) is 5.92 Å². The van der Waals surface area contributed by atoms with E-state index in [9.17, 15) is 4.39 Å². The molecule has 1 aliphatic rings. The molecule has 1 atom stereocenters. The number of hydrogen-bond acceptors (Lipinski definition) is 3. The van der Waals surface area contributed by atoms with Gasteiger partial charge in [-0.25, -0.2) is 4.39 Å². The normalized spacial score (nSPS) is 17.7. The second-order valence-corrected chi connectivity index (χ2v) is 7.17. The van der Waals surface area contributed by atoms with Gasteiger partial charge in [0, 0.05) is 37.0 Å². The van der Waals surface area contributed by atoms with Crippen LogP contribution < -0.4 is 0 Å². The van der Waals surface area contributed by atoms with Gasteiger partial charge in [0.05, 0.1) is 11.4 Å². The van der Waals surface area contributed by atoms with Crippen molar-refractivity contribution in [3.8, 4) is 11.3 Å². The van der Waals surface area contributed by atoms with Gasteiger partial charge in [-0.15, -0.1) is 0 Å². The molecule has 0 unspecified atom stereocenters. The Bertz CT molecular complexity index is 864. The van der Waals surface area contributed by atoms with Gasteiger partial charge in [0.1, 0.15) is 5.82 Å². The summed E-state index contributed by atoms with van der Waals surface area (Å²) in [4.78, 5) is 11.8. The third-order valence-electron chi connectivity index (χ3n) is 5.30. The molecule has 138 valence electrons. The highest BCUT2D eigenvalue weighted by atomic mass is 19.1. The number of nitrogens with zero attached hydrogens (tertiary/aromatic N) is 3. The van der Waals surface area contributed by atoms with E-state index in [-0.39, 0.29) is 5.82 Å². The molecule has 1 fully saturated rings. The molecule has 1 aromatic heterocycles. The topological polar surface area (TPSA) is 29.0 Å². The fourth-order valence-electron chi connectivity index (χ4n) is 3.89. The van der Waals surface area contributed by atoms with Crippen molar-refractivity contribution < 1.29 is 4.39 Å². The highest BCUT2D eigenvalue weighted by Gasteiger charge is 2.25. The molecule has 0 aliphatic carbocycles. The summed E-state index contributed by atoms with van der Waals surface area (Å²) in [6, 6.07) is 17.2. The van der Waals surface area contributed by atoms with Crippen molar-refractivity contribution in [2.45, 2.75) is 25.2 Å². The second-order valence-electron chi connectivity index (χ2n) is 7.17. The van der Waals surface area contributed by atoms with Crippen molar-refractivity contribution in [3.05, 3.63) is 84.1 Å². The minimum absolute atomic E-state index is 0.228. The van der Waals surface area contributed by atoms with E-state index < -0.39 is 0 Å². The molecule has 0 spiro atoms. The van der Waals surface area contributed by atoms with Gasteiger partial charge in [-0.05, 0) is 55.6 Å². The van der Waals surface area contributed by atoms with Crippen LogP contribution in [0.2, 0.25) is 0 Å². The molecule has 0 N–H and O–H groups in total. The first-order chi connectivity index (χ1) is 13.3. The Labute approximate surface area is 159 Å². The average Bonchev–Trinajstić information content (AvgIpc) is 2.74. The summed E-state index contributed by atoms with van der Waals surface area (Å²) in [5.74, 6) is 0.136. The molecule has 4 heteroatoms. The van der Waals surface area contributed by atoms with Crippen molar-refractivity contribution in [3.63, 3.8) is 0 Å². The van der Waals surface area contributed by atoms with Crippen LogP contribution in [0.1, 0.15) is 30.0 Å². The van der Waals surface area contributed by atoms with E-state index in [2.05, 4.69) is 45.2 Å². The van der Waals surface area contributed by atoms with Gasteiger partial charge in [-0.2, -0.15) is 0 Å². The number of halogens is 1. The van der Waals surface area contributed by atoms with Crippen LogP contribution in [0.15, 0.2) is 67.0 Å². The summed E-state index contributed by atoms with van der Waals surface area (Å²) in [5.41, 5.74) is 4.23. The summed E-state index contributed by atoms with van der Waals surface area (Å²) in [5, 5.41) is 0. The fourth-order valence-corrected chi connectivity index (χ4v) is 3.89. The van der Waals surface area contributed by atoms with E-state index in [1.807, 2.05) is 0 Å². The van der Waals surface area contributed by atoms with Gasteiger partial charge >= 0.3 is 0 Å². The van der Waals surface area contributed by atoms with Crippen LogP contribution in [0, 0.1) is 5.82 Å². The van der Waals surface area contributed by atoms with E-state index >= 15 is 0 Å². The van der Waals surface area contributed by atoms with Crippen molar-refractivity contribution in [2.24, 2.45) is 0 Å². The molecule has 0 amide bonds. The molecule has 3 nitrogen and oxygen atoms in total. The van der Waals surface area contributed by atoms with Gasteiger partial charge in [-0.3, -0.25) is 9.97 Å². The molecular weight excluding hydrogens is 337 g/mol. The SMILES string of the molecule is Fc1ccc(-c2nccnc2[C@H]2CCCN(CCc3ccccc3)C2)cc1. The Morgan fingerprint density at radius 2 is 1.74 bits per heavy atom. The molecule has 1 aliphatic heterocycles. The van der Waals surface area contributed by atoms with Gasteiger partial charge in [-0.1, -0.05) is 30.3 Å². The molecule has 2 heterocycles. The maximum atomic E-state index is 13.3. The number of likely N-dealkylation sites (tertiary alicyclic amines) is 1. The van der Waals surface area contributed by atoms with Crippen molar-refractivity contribution >= 4 is 0 Å². The molecule has 2 aromatic carbocycles. The summed E-state index contributed by atoms with van der Waals surface area (Å²) in [7, 11) is 0. The third-order valence-corrected chi connectivity index (χ3v) is 5.30. The first-order valence-corrected chi connectivity index (χ1v) is 9.63. The predicted octanol–water partition coefficient (Wildman–Crippen LogP) is 4.70. The zero-order chi connectivity index (χ0) is 18.5. The number of hydrogen-bond donors (Lipinski definition) is 0. The first-order valence-electron chi connectivity index (χ1n) is 9.63. The maximum absolute atomic E-state index is 13.3. The molecule has 0 saturated carbocycles. The average molecular weight is 361 g/mol. The molecule has 4 rings (SSSR count). The van der Waals surface area contributed by atoms with E-state index in [1.165, 1.54) is 24.1 Å². The van der Waals surface area contributed by atoms with E-state index in [1.54, 1.807) is 24.5 Å².